The Morgan fingerprint density at radius 2 is 1.10 bits per heavy atom. The molecule has 0 saturated carbocycles. The van der Waals surface area contributed by atoms with Crippen LogP contribution in [0.3, 0.4) is 0 Å². The van der Waals surface area contributed by atoms with Gasteiger partial charge >= 0.3 is 357 Å². The van der Waals surface area contributed by atoms with E-state index >= 15 is 0 Å². The monoisotopic (exact) mass is 908 g/mol. The normalized spacial score (nSPS) is 12.6. The van der Waals surface area contributed by atoms with Gasteiger partial charge in [0.05, 0.1) is 0 Å². The van der Waals surface area contributed by atoms with Crippen LogP contribution in [0.4, 0.5) is 0 Å². The zero-order chi connectivity index (χ0) is 40.6. The molecule has 0 heterocycles. The van der Waals surface area contributed by atoms with E-state index in [0.29, 0.717) is 13.2 Å². The molecule has 0 unspecified atom stereocenters. The van der Waals surface area contributed by atoms with Gasteiger partial charge in [-0.15, -0.1) is 0 Å². The van der Waals surface area contributed by atoms with Gasteiger partial charge in [-0.05, 0) is 0 Å². The van der Waals surface area contributed by atoms with Crippen LogP contribution in [0.5, 0.6) is 11.5 Å². The largest absolute Gasteiger partial charge is 1.00 e. The van der Waals surface area contributed by atoms with Gasteiger partial charge in [0.25, 0.3) is 0 Å². The minimum Gasteiger partial charge on any atom is -1.00 e. The number of ether oxygens (including phenoxy) is 2. The van der Waals surface area contributed by atoms with E-state index in [1.807, 2.05) is 0 Å². The van der Waals surface area contributed by atoms with Crippen LogP contribution >= 0.6 is 0 Å². The molecule has 0 atom stereocenters. The second-order valence-corrected chi connectivity index (χ2v) is 23.5. The molecular weight excluding hydrogens is 855 g/mol. The predicted molar refractivity (Wildman–Crippen MR) is 243 cm³/mol. The van der Waals surface area contributed by atoms with Gasteiger partial charge in [0.2, 0.25) is 0 Å². The topological polar surface area (TPSA) is 18.5 Å². The molecule has 8 rings (SSSR count). The van der Waals surface area contributed by atoms with Crippen LogP contribution < -0.4 is 37.6 Å². The molecule has 0 radical (unpaired) electrons. The molecule has 0 spiro atoms. The first-order valence-electron chi connectivity index (χ1n) is 21.0. The smallest absolute Gasteiger partial charge is 1.00 e. The first kappa shape index (κ1) is 45.3. The van der Waals surface area contributed by atoms with E-state index in [4.69, 9.17) is 9.47 Å². The maximum absolute atomic E-state index is 6.00. The van der Waals surface area contributed by atoms with Crippen molar-refractivity contribution in [2.75, 3.05) is 13.2 Å². The van der Waals surface area contributed by atoms with E-state index in [1.54, 1.807) is 6.55 Å². The summed E-state index contributed by atoms with van der Waals surface area (Å²) in [7, 11) is 0. The van der Waals surface area contributed by atoms with Gasteiger partial charge in [0, 0.05) is 0 Å². The number of allylic oxidation sites excluding steroid dienone is 4. The molecule has 2 aliphatic rings. The Hall–Kier alpha value is -4.27. The van der Waals surface area contributed by atoms with Crippen LogP contribution in [0.15, 0.2) is 149 Å². The van der Waals surface area contributed by atoms with Crippen molar-refractivity contribution in [1.29, 1.82) is 0 Å². The van der Waals surface area contributed by atoms with Gasteiger partial charge < -0.3 is 24.8 Å². The molecule has 6 aromatic rings. The Labute approximate surface area is 378 Å². The summed E-state index contributed by atoms with van der Waals surface area (Å²) < 4.78 is 16.7. The summed E-state index contributed by atoms with van der Waals surface area (Å²) in [6.45, 7) is 19.7. The number of hydrogen-bond acceptors (Lipinski definition) is 2. The Bertz CT molecular complexity index is 2500. The number of benzene rings is 6. The number of fused-ring (bicyclic) bond motifs is 3. The fourth-order valence-corrected chi connectivity index (χ4v) is 17.4. The quantitative estimate of drug-likeness (QED) is 0.143. The molecule has 0 aromatic heterocycles. The molecule has 60 heavy (non-hydrogen) atoms. The molecule has 2 aliphatic carbocycles. The van der Waals surface area contributed by atoms with Crippen molar-refractivity contribution in [3.05, 3.63) is 182 Å². The van der Waals surface area contributed by atoms with Crippen LogP contribution in [0.2, 0.25) is 0 Å². The van der Waals surface area contributed by atoms with E-state index in [1.165, 1.54) is 70.0 Å². The predicted octanol–water partition coefficient (Wildman–Crippen LogP) is 7.35. The molecule has 5 heteroatoms. The fraction of sp³-hybridized carbons (Fsp3) is 0.255. The van der Waals surface area contributed by atoms with Gasteiger partial charge in [0.15, 0.2) is 0 Å². The Morgan fingerprint density at radius 3 is 1.58 bits per heavy atom. The van der Waals surface area contributed by atoms with Gasteiger partial charge in [-0.3, -0.25) is 0 Å². The average Bonchev–Trinajstić information content (AvgIpc) is 3.88. The van der Waals surface area contributed by atoms with Crippen LogP contribution in [0.1, 0.15) is 95.2 Å². The Balaban J connectivity index is 0.00000302. The van der Waals surface area contributed by atoms with Crippen LogP contribution in [0, 0.1) is 0 Å². The fourth-order valence-electron chi connectivity index (χ4n) is 8.93. The van der Waals surface area contributed by atoms with Crippen molar-refractivity contribution in [1.82, 2.24) is 0 Å². The molecule has 6 aromatic carbocycles. The first-order chi connectivity index (χ1) is 28.0. The number of hydrogen-bond donors (Lipinski definition) is 0. The summed E-state index contributed by atoms with van der Waals surface area (Å²) in [5.74, 6) is 1.81. The van der Waals surface area contributed by atoms with Crippen LogP contribution in [-0.2, 0) is 38.5 Å². The standard InChI is InChI=1S/C33H33.C17H18O2.C5H5.2ClH.Zr/c1-32(2,3)30-20-26-24(18-28(30)22-13-9-7-10-14-22)17-25-19-29(23-15-11-8-12-16-23)31(21-27(25)26)33(4,5)6;1-3-18-16-9-5-14(6-10-16)13-15-7-11-17(12-8-15)19-4-2;1-2-4-5-3-1;;;/h7-16,18,20-21H,17H2,1-6H3;5-12H,3-4H2,1-2H3;1-3H,4H2;2*1H;/q;;;;;+2/p-2. The molecule has 0 amide bonds. The molecule has 306 valence electrons. The summed E-state index contributed by atoms with van der Waals surface area (Å²) in [5.41, 5.74) is 16.4. The third kappa shape index (κ3) is 9.02. The van der Waals surface area contributed by atoms with E-state index in [2.05, 4.69) is 201 Å². The van der Waals surface area contributed by atoms with Gasteiger partial charge in [-0.1, -0.05) is 0 Å². The SMILES string of the molecule is CCOc1ccc([C](c2ccc(OCC)cc2)=[Zr+2]([C]2=CC=CC2)[c]2c3c(cc(C(C)(C)C)c2-c2ccccc2)-c2cc(C(C)(C)C)c(-c4ccccc4)cc2C3)cc1.[Cl-].[Cl-]. The van der Waals surface area contributed by atoms with Crippen molar-refractivity contribution in [2.45, 2.75) is 79.1 Å². The second kappa shape index (κ2) is 18.8. The first-order valence-corrected chi connectivity index (χ1v) is 24.7. The summed E-state index contributed by atoms with van der Waals surface area (Å²) in [6, 6.07) is 47.9. The van der Waals surface area contributed by atoms with Crippen LogP contribution in [-0.4, -0.2) is 16.4 Å². The van der Waals surface area contributed by atoms with Gasteiger partial charge in [-0.2, -0.15) is 0 Å². The second-order valence-electron chi connectivity index (χ2n) is 17.7. The maximum atomic E-state index is 6.00. The number of rotatable bonds is 10. The van der Waals surface area contributed by atoms with Crippen molar-refractivity contribution in [3.8, 4) is 44.9 Å². The minimum absolute atomic E-state index is 0. The third-order valence-electron chi connectivity index (χ3n) is 11.6. The Morgan fingerprint density at radius 1 is 0.583 bits per heavy atom. The van der Waals surface area contributed by atoms with E-state index < -0.39 is 21.3 Å². The molecular formula is C55H56Cl2O2Zr. The molecule has 0 saturated heterocycles. The minimum atomic E-state index is -3.16. The van der Waals surface area contributed by atoms with Gasteiger partial charge in [-0.25, -0.2) is 0 Å². The molecule has 0 aliphatic heterocycles. The van der Waals surface area contributed by atoms with E-state index in [9.17, 15) is 0 Å². The maximum Gasteiger partial charge on any atom is -1.00 e. The number of halogens is 2. The van der Waals surface area contributed by atoms with E-state index in [-0.39, 0.29) is 35.6 Å². The van der Waals surface area contributed by atoms with E-state index in [0.717, 1.165) is 24.3 Å². The van der Waals surface area contributed by atoms with Gasteiger partial charge in [0.1, 0.15) is 0 Å². The molecule has 0 bridgehead atoms. The van der Waals surface area contributed by atoms with Crippen molar-refractivity contribution in [2.24, 2.45) is 0 Å². The zero-order valence-corrected chi connectivity index (χ0v) is 40.2. The molecule has 0 N–H and O–H groups in total. The summed E-state index contributed by atoms with van der Waals surface area (Å²) in [5, 5.41) is 0. The summed E-state index contributed by atoms with van der Waals surface area (Å²) >= 11 is -3.16. The third-order valence-corrected chi connectivity index (χ3v) is 19.3. The van der Waals surface area contributed by atoms with Crippen molar-refractivity contribution < 1.29 is 55.6 Å². The summed E-state index contributed by atoms with van der Waals surface area (Å²) in [6.07, 6.45) is 9.04. The molecule has 0 fully saturated rings. The Kier molecular flexibility index (Phi) is 14.2. The zero-order valence-electron chi connectivity index (χ0n) is 36.3. The van der Waals surface area contributed by atoms with Crippen molar-refractivity contribution in [3.63, 3.8) is 0 Å². The average molecular weight is 911 g/mol. The van der Waals surface area contributed by atoms with Crippen molar-refractivity contribution >= 4 is 6.48 Å². The summed E-state index contributed by atoms with van der Waals surface area (Å²) in [4.78, 5) is 0. The van der Waals surface area contributed by atoms with Crippen LogP contribution in [0.25, 0.3) is 33.4 Å². The molecule has 2 nitrogen and oxygen atoms in total.